The molecule has 0 saturated carbocycles. The van der Waals surface area contributed by atoms with E-state index in [0.29, 0.717) is 6.54 Å². The van der Waals surface area contributed by atoms with Crippen LogP contribution in [-0.2, 0) is 4.79 Å². The molecule has 2 atom stereocenters. The molecule has 0 spiro atoms. The maximum absolute atomic E-state index is 11.7. The first kappa shape index (κ1) is 8.97. The van der Waals surface area contributed by atoms with E-state index in [2.05, 4.69) is 5.32 Å². The van der Waals surface area contributed by atoms with E-state index in [1.165, 1.54) is 0 Å². The lowest BCUT2D eigenvalue weighted by Gasteiger charge is -2.19. The SMILES string of the molecule is O=C([C@H]1CCCN1)N1CC[C@H](O)C1. The molecule has 4 nitrogen and oxygen atoms in total. The smallest absolute Gasteiger partial charge is 0.239 e. The van der Waals surface area contributed by atoms with Crippen molar-refractivity contribution < 1.29 is 9.90 Å². The molecule has 0 aromatic rings. The molecule has 1 amide bonds. The Hall–Kier alpha value is -0.610. The van der Waals surface area contributed by atoms with Crippen LogP contribution >= 0.6 is 0 Å². The number of carbonyl (C=O) groups excluding carboxylic acids is 1. The van der Waals surface area contributed by atoms with Crippen molar-refractivity contribution in [1.29, 1.82) is 0 Å². The number of nitrogens with one attached hydrogen (secondary N) is 1. The normalized spacial score (nSPS) is 34.1. The van der Waals surface area contributed by atoms with Crippen LogP contribution in [0.3, 0.4) is 0 Å². The van der Waals surface area contributed by atoms with Crippen LogP contribution in [-0.4, -0.2) is 47.7 Å². The molecule has 0 radical (unpaired) electrons. The molecule has 2 saturated heterocycles. The standard InChI is InChI=1S/C9H16N2O2/c12-7-3-5-11(6-7)9(13)8-2-1-4-10-8/h7-8,10,12H,1-6H2/t7-,8+/m0/s1. The zero-order valence-corrected chi connectivity index (χ0v) is 7.70. The van der Waals surface area contributed by atoms with Gasteiger partial charge in [0.1, 0.15) is 0 Å². The summed E-state index contributed by atoms with van der Waals surface area (Å²) in [6.07, 6.45) is 2.47. The summed E-state index contributed by atoms with van der Waals surface area (Å²) in [6.45, 7) is 2.20. The van der Waals surface area contributed by atoms with Gasteiger partial charge in [0.05, 0.1) is 12.1 Å². The van der Waals surface area contributed by atoms with E-state index in [0.717, 1.165) is 32.4 Å². The van der Waals surface area contributed by atoms with Crippen molar-refractivity contribution >= 4 is 5.91 Å². The Morgan fingerprint density at radius 2 is 2.31 bits per heavy atom. The van der Waals surface area contributed by atoms with Gasteiger partial charge in [0.15, 0.2) is 0 Å². The molecule has 0 aromatic heterocycles. The molecular formula is C9H16N2O2. The highest BCUT2D eigenvalue weighted by Crippen LogP contribution is 2.14. The lowest BCUT2D eigenvalue weighted by Crippen LogP contribution is -2.42. The average Bonchev–Trinajstić information content (AvgIpc) is 2.72. The molecule has 13 heavy (non-hydrogen) atoms. The molecule has 4 heteroatoms. The van der Waals surface area contributed by atoms with E-state index in [1.54, 1.807) is 4.90 Å². The van der Waals surface area contributed by atoms with Gasteiger partial charge in [0.2, 0.25) is 5.91 Å². The van der Waals surface area contributed by atoms with Gasteiger partial charge >= 0.3 is 0 Å². The molecular weight excluding hydrogens is 168 g/mol. The Labute approximate surface area is 77.9 Å². The summed E-state index contributed by atoms with van der Waals surface area (Å²) in [5.74, 6) is 0.175. The van der Waals surface area contributed by atoms with Crippen LogP contribution in [0, 0.1) is 0 Å². The third-order valence-corrected chi connectivity index (χ3v) is 2.83. The highest BCUT2D eigenvalue weighted by Gasteiger charge is 2.31. The number of hydrogen-bond acceptors (Lipinski definition) is 3. The van der Waals surface area contributed by atoms with Crippen LogP contribution in [0.15, 0.2) is 0 Å². The van der Waals surface area contributed by atoms with Gasteiger partial charge in [-0.3, -0.25) is 4.79 Å². The van der Waals surface area contributed by atoms with Crippen molar-refractivity contribution in [2.24, 2.45) is 0 Å². The van der Waals surface area contributed by atoms with Crippen molar-refractivity contribution in [2.45, 2.75) is 31.4 Å². The number of amides is 1. The number of nitrogens with zero attached hydrogens (tertiary/aromatic N) is 1. The second-order valence-corrected chi connectivity index (χ2v) is 3.88. The highest BCUT2D eigenvalue weighted by molar-refractivity contribution is 5.82. The first-order valence-electron chi connectivity index (χ1n) is 4.97. The van der Waals surface area contributed by atoms with Crippen LogP contribution < -0.4 is 5.32 Å². The van der Waals surface area contributed by atoms with Gasteiger partial charge in [-0.15, -0.1) is 0 Å². The summed E-state index contributed by atoms with van der Waals surface area (Å²) in [4.78, 5) is 13.5. The number of aliphatic hydroxyl groups is 1. The van der Waals surface area contributed by atoms with E-state index in [1.807, 2.05) is 0 Å². The van der Waals surface area contributed by atoms with E-state index in [4.69, 9.17) is 0 Å². The number of rotatable bonds is 1. The lowest BCUT2D eigenvalue weighted by atomic mass is 10.2. The number of β-amino-alcohol motifs (C(OH)–C–C–N with tert-alkyl or cyclic N) is 1. The second-order valence-electron chi connectivity index (χ2n) is 3.88. The van der Waals surface area contributed by atoms with Gasteiger partial charge in [-0.25, -0.2) is 0 Å². The van der Waals surface area contributed by atoms with Gasteiger partial charge in [-0.2, -0.15) is 0 Å². The predicted molar refractivity (Wildman–Crippen MR) is 48.2 cm³/mol. The average molecular weight is 184 g/mol. The Kier molecular flexibility index (Phi) is 2.51. The Morgan fingerprint density at radius 1 is 1.46 bits per heavy atom. The fraction of sp³-hybridized carbons (Fsp3) is 0.889. The summed E-state index contributed by atoms with van der Waals surface area (Å²) in [5.41, 5.74) is 0. The molecule has 0 aliphatic carbocycles. The molecule has 0 aromatic carbocycles. The van der Waals surface area contributed by atoms with E-state index >= 15 is 0 Å². The summed E-state index contributed by atoms with van der Waals surface area (Å²) in [7, 11) is 0. The molecule has 2 aliphatic rings. The third-order valence-electron chi connectivity index (χ3n) is 2.83. The van der Waals surface area contributed by atoms with E-state index < -0.39 is 0 Å². The maximum Gasteiger partial charge on any atom is 0.239 e. The molecule has 2 heterocycles. The molecule has 0 unspecified atom stereocenters. The topological polar surface area (TPSA) is 52.6 Å². The number of carbonyl (C=O) groups is 1. The zero-order valence-electron chi connectivity index (χ0n) is 7.70. The van der Waals surface area contributed by atoms with Crippen molar-refractivity contribution in [3.63, 3.8) is 0 Å². The van der Waals surface area contributed by atoms with Gasteiger partial charge in [-0.05, 0) is 25.8 Å². The molecule has 2 fully saturated rings. The lowest BCUT2D eigenvalue weighted by molar-refractivity contribution is -0.132. The van der Waals surface area contributed by atoms with Crippen LogP contribution in [0.5, 0.6) is 0 Å². The minimum Gasteiger partial charge on any atom is -0.391 e. The predicted octanol–water partition coefficient (Wildman–Crippen LogP) is -0.668. The number of likely N-dealkylation sites (tertiary alicyclic amines) is 1. The highest BCUT2D eigenvalue weighted by atomic mass is 16.3. The maximum atomic E-state index is 11.7. The fourth-order valence-electron chi connectivity index (χ4n) is 2.06. The summed E-state index contributed by atoms with van der Waals surface area (Å²) in [5, 5.41) is 12.5. The van der Waals surface area contributed by atoms with Crippen LogP contribution in [0.1, 0.15) is 19.3 Å². The summed E-state index contributed by atoms with van der Waals surface area (Å²) < 4.78 is 0. The van der Waals surface area contributed by atoms with Gasteiger partial charge < -0.3 is 15.3 Å². The van der Waals surface area contributed by atoms with Gasteiger partial charge in [0, 0.05) is 13.1 Å². The Bertz CT molecular complexity index is 202. The monoisotopic (exact) mass is 184 g/mol. The quantitative estimate of drug-likeness (QED) is 0.568. The second kappa shape index (κ2) is 3.64. The molecule has 74 valence electrons. The Morgan fingerprint density at radius 3 is 2.85 bits per heavy atom. The first-order chi connectivity index (χ1) is 6.27. The minimum absolute atomic E-state index is 0.0188. The molecule has 2 N–H and O–H groups in total. The van der Waals surface area contributed by atoms with E-state index in [-0.39, 0.29) is 18.1 Å². The van der Waals surface area contributed by atoms with Crippen LogP contribution in [0.2, 0.25) is 0 Å². The first-order valence-corrected chi connectivity index (χ1v) is 4.97. The summed E-state index contributed by atoms with van der Waals surface area (Å²) in [6, 6.07) is 0.0188. The van der Waals surface area contributed by atoms with Crippen LogP contribution in [0.25, 0.3) is 0 Å². The third kappa shape index (κ3) is 1.84. The molecule has 2 rings (SSSR count). The van der Waals surface area contributed by atoms with Crippen molar-refractivity contribution in [1.82, 2.24) is 10.2 Å². The molecule has 0 bridgehead atoms. The van der Waals surface area contributed by atoms with Crippen LogP contribution in [0.4, 0.5) is 0 Å². The van der Waals surface area contributed by atoms with Crippen molar-refractivity contribution in [3.05, 3.63) is 0 Å². The number of aliphatic hydroxyl groups excluding tert-OH is 1. The minimum atomic E-state index is -0.301. The van der Waals surface area contributed by atoms with Crippen molar-refractivity contribution in [3.8, 4) is 0 Å². The van der Waals surface area contributed by atoms with Gasteiger partial charge in [0.25, 0.3) is 0 Å². The Balaban J connectivity index is 1.89. The largest absolute Gasteiger partial charge is 0.391 e. The summed E-state index contributed by atoms with van der Waals surface area (Å²) >= 11 is 0. The molecule has 2 aliphatic heterocycles. The van der Waals surface area contributed by atoms with Crippen molar-refractivity contribution in [2.75, 3.05) is 19.6 Å². The number of hydrogen-bond donors (Lipinski definition) is 2. The zero-order chi connectivity index (χ0) is 9.26. The fourth-order valence-corrected chi connectivity index (χ4v) is 2.06. The van der Waals surface area contributed by atoms with Gasteiger partial charge in [-0.1, -0.05) is 0 Å². The van der Waals surface area contributed by atoms with E-state index in [9.17, 15) is 9.90 Å².